The third-order valence-corrected chi connectivity index (χ3v) is 2.46. The third-order valence-electron chi connectivity index (χ3n) is 2.46. The summed E-state index contributed by atoms with van der Waals surface area (Å²) in [5.41, 5.74) is 3.51. The Balaban J connectivity index is 2.72. The Morgan fingerprint density at radius 1 is 1.19 bits per heavy atom. The van der Waals surface area contributed by atoms with Gasteiger partial charge in [0.1, 0.15) is 6.61 Å². The summed E-state index contributed by atoms with van der Waals surface area (Å²) in [6.07, 6.45) is 5.47. The van der Waals surface area contributed by atoms with Crippen LogP contribution >= 0.6 is 0 Å². The van der Waals surface area contributed by atoms with Crippen molar-refractivity contribution in [2.75, 3.05) is 0 Å². The van der Waals surface area contributed by atoms with Crippen molar-refractivity contribution in [3.05, 3.63) is 65.9 Å². The van der Waals surface area contributed by atoms with Crippen LogP contribution in [0.3, 0.4) is 0 Å². The zero-order valence-electron chi connectivity index (χ0n) is 12.7. The van der Waals surface area contributed by atoms with Gasteiger partial charge in [-0.2, -0.15) is 10.2 Å². The lowest BCUT2D eigenvalue weighted by Gasteiger charge is -2.01. The normalized spacial score (nSPS) is 11.3. The van der Waals surface area contributed by atoms with Crippen LogP contribution in [0.25, 0.3) is 0 Å². The minimum atomic E-state index is -0.293. The molecule has 0 N–H and O–H groups in total. The van der Waals surface area contributed by atoms with Gasteiger partial charge < -0.3 is 4.74 Å². The average molecular weight is 284 g/mol. The number of allylic oxidation sites excluding steroid dienone is 4. The number of hydrogen-bond acceptors (Lipinski definition) is 4. The maximum Gasteiger partial charge on any atom is 0.302 e. The Morgan fingerprint density at radius 3 is 2.38 bits per heavy atom. The average Bonchev–Trinajstić information content (AvgIpc) is 2.46. The molecule has 0 saturated heterocycles. The number of nitrogens with zero attached hydrogens (tertiary/aromatic N) is 2. The molecule has 0 atom stereocenters. The molecule has 1 aromatic rings. The molecule has 0 spiro atoms. The van der Waals surface area contributed by atoms with Crippen molar-refractivity contribution in [3.63, 3.8) is 0 Å². The number of azo groups is 1. The summed E-state index contributed by atoms with van der Waals surface area (Å²) in [5, 5.41) is 8.27. The summed E-state index contributed by atoms with van der Waals surface area (Å²) in [7, 11) is 0. The first kappa shape index (κ1) is 16.6. The van der Waals surface area contributed by atoms with Gasteiger partial charge >= 0.3 is 5.97 Å². The van der Waals surface area contributed by atoms with E-state index in [1.165, 1.54) is 12.5 Å². The molecule has 21 heavy (non-hydrogen) atoms. The number of hydrogen-bond donors (Lipinski definition) is 0. The summed E-state index contributed by atoms with van der Waals surface area (Å²) in [6.45, 7) is 9.38. The zero-order chi connectivity index (χ0) is 15.7. The second-order valence-corrected chi connectivity index (χ2v) is 4.69. The van der Waals surface area contributed by atoms with E-state index in [0.29, 0.717) is 5.70 Å². The molecule has 1 aromatic carbocycles. The molecule has 110 valence electrons. The van der Waals surface area contributed by atoms with Gasteiger partial charge in [-0.25, -0.2) is 0 Å². The van der Waals surface area contributed by atoms with Gasteiger partial charge in [0.2, 0.25) is 0 Å². The molecular weight excluding hydrogens is 264 g/mol. The molecule has 1 rings (SSSR count). The Hall–Kier alpha value is -2.49. The van der Waals surface area contributed by atoms with E-state index >= 15 is 0 Å². The van der Waals surface area contributed by atoms with Gasteiger partial charge in [0.05, 0.1) is 11.4 Å². The first-order chi connectivity index (χ1) is 10.0. The summed E-state index contributed by atoms with van der Waals surface area (Å²) < 4.78 is 4.92. The lowest BCUT2D eigenvalue weighted by Crippen LogP contribution is -1.98. The number of esters is 1. The highest BCUT2D eigenvalue weighted by molar-refractivity contribution is 5.65. The number of carbonyl (C=O) groups is 1. The number of benzene rings is 1. The fourth-order valence-corrected chi connectivity index (χ4v) is 1.35. The van der Waals surface area contributed by atoms with Gasteiger partial charge in [-0.3, -0.25) is 4.79 Å². The van der Waals surface area contributed by atoms with Crippen molar-refractivity contribution < 1.29 is 9.53 Å². The number of ether oxygens (including phenoxy) is 1. The molecule has 0 aliphatic carbocycles. The monoisotopic (exact) mass is 284 g/mol. The Kier molecular flexibility index (Phi) is 6.81. The van der Waals surface area contributed by atoms with Gasteiger partial charge in [-0.15, -0.1) is 0 Å². The first-order valence-corrected chi connectivity index (χ1v) is 6.63. The predicted molar refractivity (Wildman–Crippen MR) is 84.1 cm³/mol. The molecule has 0 bridgehead atoms. The van der Waals surface area contributed by atoms with Crippen LogP contribution in [-0.4, -0.2) is 5.97 Å². The number of rotatable bonds is 6. The molecule has 0 saturated carbocycles. The predicted octanol–water partition coefficient (Wildman–Crippen LogP) is 4.87. The molecule has 4 heteroatoms. The van der Waals surface area contributed by atoms with Crippen molar-refractivity contribution in [1.29, 1.82) is 0 Å². The van der Waals surface area contributed by atoms with Crippen LogP contribution in [0.1, 0.15) is 26.3 Å². The maximum absolute atomic E-state index is 10.7. The van der Waals surface area contributed by atoms with Crippen LogP contribution in [0, 0.1) is 0 Å². The van der Waals surface area contributed by atoms with Crippen molar-refractivity contribution in [2.45, 2.75) is 27.4 Å². The zero-order valence-corrected chi connectivity index (χ0v) is 12.7. The lowest BCUT2D eigenvalue weighted by atomic mass is 10.2. The van der Waals surface area contributed by atoms with Crippen LogP contribution in [0.5, 0.6) is 0 Å². The molecule has 0 heterocycles. The summed E-state index contributed by atoms with van der Waals surface area (Å²) in [4.78, 5) is 10.7. The van der Waals surface area contributed by atoms with Gasteiger partial charge in [0.25, 0.3) is 0 Å². The second-order valence-electron chi connectivity index (χ2n) is 4.69. The van der Waals surface area contributed by atoms with Crippen molar-refractivity contribution in [1.82, 2.24) is 0 Å². The molecule has 0 aliphatic heterocycles. The van der Waals surface area contributed by atoms with E-state index in [-0.39, 0.29) is 12.6 Å². The Bertz CT molecular complexity index is 577. The van der Waals surface area contributed by atoms with Gasteiger partial charge in [0, 0.05) is 6.92 Å². The highest BCUT2D eigenvalue weighted by Crippen LogP contribution is 2.16. The fourth-order valence-electron chi connectivity index (χ4n) is 1.35. The van der Waals surface area contributed by atoms with E-state index in [9.17, 15) is 4.79 Å². The van der Waals surface area contributed by atoms with E-state index in [1.807, 2.05) is 50.3 Å². The second kappa shape index (κ2) is 8.64. The minimum Gasteiger partial charge on any atom is -0.461 e. The van der Waals surface area contributed by atoms with E-state index < -0.39 is 0 Å². The van der Waals surface area contributed by atoms with Gasteiger partial charge in [-0.1, -0.05) is 30.4 Å². The minimum absolute atomic E-state index is 0.269. The molecule has 0 amide bonds. The molecule has 0 fully saturated rings. The Morgan fingerprint density at radius 2 is 1.86 bits per heavy atom. The van der Waals surface area contributed by atoms with Crippen molar-refractivity contribution in [3.8, 4) is 0 Å². The molecule has 0 aromatic heterocycles. The van der Waals surface area contributed by atoms with Gasteiger partial charge in [0.15, 0.2) is 0 Å². The Labute approximate surface area is 125 Å². The molecule has 0 unspecified atom stereocenters. The molecule has 4 nitrogen and oxygen atoms in total. The molecule has 0 radical (unpaired) electrons. The van der Waals surface area contributed by atoms with Crippen LogP contribution in [0.15, 0.2) is 70.6 Å². The number of carbonyl (C=O) groups excluding carboxylic acids is 1. The highest BCUT2D eigenvalue weighted by Gasteiger charge is 1.97. The van der Waals surface area contributed by atoms with Crippen molar-refractivity contribution >= 4 is 11.7 Å². The smallest absolute Gasteiger partial charge is 0.302 e. The molecule has 0 aliphatic rings. The molecular formula is C17H20N2O2. The standard InChI is InChI=1S/C17H20N2O2/c1-5-16(9-6-13(2)3)18-19-17-10-7-15(8-11-17)12-21-14(4)20/h5-11H,1,12H2,2-4H3/b16-9+,19-18?. The highest BCUT2D eigenvalue weighted by atomic mass is 16.5. The van der Waals surface area contributed by atoms with Gasteiger partial charge in [-0.05, 0) is 43.7 Å². The quantitative estimate of drug-likeness (QED) is 0.425. The van der Waals surface area contributed by atoms with E-state index in [1.54, 1.807) is 6.08 Å². The first-order valence-electron chi connectivity index (χ1n) is 6.63. The largest absolute Gasteiger partial charge is 0.461 e. The van der Waals surface area contributed by atoms with Crippen LogP contribution in [-0.2, 0) is 16.1 Å². The van der Waals surface area contributed by atoms with Crippen LogP contribution in [0.4, 0.5) is 5.69 Å². The topological polar surface area (TPSA) is 51.0 Å². The van der Waals surface area contributed by atoms with Crippen LogP contribution in [0.2, 0.25) is 0 Å². The van der Waals surface area contributed by atoms with Crippen LogP contribution < -0.4 is 0 Å². The third kappa shape index (κ3) is 7.01. The lowest BCUT2D eigenvalue weighted by molar-refractivity contribution is -0.142. The van der Waals surface area contributed by atoms with E-state index in [0.717, 1.165) is 11.3 Å². The SMILES string of the molecule is C=C/C(=C\C=C(C)C)N=Nc1ccc(COC(C)=O)cc1. The fraction of sp³-hybridized carbons (Fsp3) is 0.235. The summed E-state index contributed by atoms with van der Waals surface area (Å²) >= 11 is 0. The summed E-state index contributed by atoms with van der Waals surface area (Å²) in [6, 6.07) is 7.35. The van der Waals surface area contributed by atoms with Crippen molar-refractivity contribution in [2.24, 2.45) is 10.2 Å². The van der Waals surface area contributed by atoms with E-state index in [2.05, 4.69) is 16.8 Å². The summed E-state index contributed by atoms with van der Waals surface area (Å²) in [5.74, 6) is -0.293. The maximum atomic E-state index is 10.7. The van der Waals surface area contributed by atoms with E-state index in [4.69, 9.17) is 4.74 Å².